The first-order valence-corrected chi connectivity index (χ1v) is 6.36. The van der Waals surface area contributed by atoms with Crippen LogP contribution in [0.3, 0.4) is 0 Å². The lowest BCUT2D eigenvalue weighted by atomic mass is 10.0. The number of furan rings is 1. The van der Waals surface area contributed by atoms with Gasteiger partial charge in [-0.1, -0.05) is 30.3 Å². The summed E-state index contributed by atoms with van der Waals surface area (Å²) in [6, 6.07) is 14.2. The van der Waals surface area contributed by atoms with E-state index in [1.54, 1.807) is 6.26 Å². The second kappa shape index (κ2) is 5.23. The molecule has 0 amide bonds. The number of rotatable bonds is 3. The van der Waals surface area contributed by atoms with Crippen LogP contribution in [-0.4, -0.2) is 12.7 Å². The van der Waals surface area contributed by atoms with E-state index in [4.69, 9.17) is 9.15 Å². The fourth-order valence-electron chi connectivity index (χ4n) is 2.29. The molecule has 18 heavy (non-hydrogen) atoms. The third kappa shape index (κ3) is 2.39. The number of hydrogen-bond acceptors (Lipinski definition) is 2. The minimum atomic E-state index is 0.213. The van der Waals surface area contributed by atoms with Gasteiger partial charge in [0, 0.05) is 12.2 Å². The van der Waals surface area contributed by atoms with E-state index in [0.717, 1.165) is 30.8 Å². The Morgan fingerprint density at radius 3 is 2.67 bits per heavy atom. The highest BCUT2D eigenvalue weighted by Gasteiger charge is 2.16. The van der Waals surface area contributed by atoms with Crippen molar-refractivity contribution in [3.8, 4) is 0 Å². The third-order valence-corrected chi connectivity index (χ3v) is 3.19. The van der Waals surface area contributed by atoms with Crippen molar-refractivity contribution in [1.82, 2.24) is 0 Å². The number of benzene rings is 1. The van der Waals surface area contributed by atoms with E-state index in [9.17, 15) is 0 Å². The van der Waals surface area contributed by atoms with Crippen molar-refractivity contribution in [1.29, 1.82) is 0 Å². The summed E-state index contributed by atoms with van der Waals surface area (Å²) in [6.45, 7) is 0.862. The van der Waals surface area contributed by atoms with Crippen LogP contribution in [0, 0.1) is 0 Å². The Morgan fingerprint density at radius 2 is 2.00 bits per heavy atom. The van der Waals surface area contributed by atoms with Crippen molar-refractivity contribution in [2.45, 2.75) is 18.9 Å². The molecule has 1 fully saturated rings. The van der Waals surface area contributed by atoms with Crippen LogP contribution in [0.5, 0.6) is 0 Å². The molecule has 3 rings (SSSR count). The van der Waals surface area contributed by atoms with Crippen molar-refractivity contribution in [3.63, 3.8) is 0 Å². The number of ether oxygens (including phenoxy) is 1. The van der Waals surface area contributed by atoms with Crippen molar-refractivity contribution in [3.05, 3.63) is 66.1 Å². The molecule has 0 bridgehead atoms. The van der Waals surface area contributed by atoms with Gasteiger partial charge in [-0.2, -0.15) is 0 Å². The van der Waals surface area contributed by atoms with E-state index in [2.05, 4.69) is 18.2 Å². The average Bonchev–Trinajstić information content (AvgIpc) is 3.10. The Morgan fingerprint density at radius 1 is 1.11 bits per heavy atom. The van der Waals surface area contributed by atoms with Crippen LogP contribution >= 0.6 is 0 Å². The SMILES string of the molecule is C(=C(/c1ccccc1)c1ccco1)/C1CCCO1. The molecule has 0 N–H and O–H groups in total. The van der Waals surface area contributed by atoms with Crippen molar-refractivity contribution in [2.24, 2.45) is 0 Å². The molecule has 1 aromatic carbocycles. The summed E-state index contributed by atoms with van der Waals surface area (Å²) >= 11 is 0. The predicted octanol–water partition coefficient (Wildman–Crippen LogP) is 3.89. The number of hydrogen-bond donors (Lipinski definition) is 0. The first kappa shape index (κ1) is 11.3. The second-order valence-corrected chi connectivity index (χ2v) is 4.48. The Bertz CT molecular complexity index is 505. The maximum absolute atomic E-state index is 5.68. The molecule has 0 radical (unpaired) electrons. The summed E-state index contributed by atoms with van der Waals surface area (Å²) in [5.74, 6) is 0.900. The molecule has 2 aromatic rings. The Hall–Kier alpha value is -1.80. The van der Waals surface area contributed by atoms with E-state index in [0.29, 0.717) is 0 Å². The summed E-state index contributed by atoms with van der Waals surface area (Å²) in [5, 5.41) is 0. The zero-order valence-electron chi connectivity index (χ0n) is 10.2. The van der Waals surface area contributed by atoms with Crippen molar-refractivity contribution in [2.75, 3.05) is 6.61 Å². The molecule has 1 aliphatic heterocycles. The zero-order chi connectivity index (χ0) is 12.2. The van der Waals surface area contributed by atoms with Gasteiger partial charge >= 0.3 is 0 Å². The Balaban J connectivity index is 1.98. The predicted molar refractivity (Wildman–Crippen MR) is 71.2 cm³/mol. The average molecular weight is 240 g/mol. The highest BCUT2D eigenvalue weighted by atomic mass is 16.5. The van der Waals surface area contributed by atoms with Crippen LogP contribution in [0.25, 0.3) is 5.57 Å². The van der Waals surface area contributed by atoms with Gasteiger partial charge < -0.3 is 9.15 Å². The second-order valence-electron chi connectivity index (χ2n) is 4.48. The molecule has 0 aliphatic carbocycles. The summed E-state index contributed by atoms with van der Waals surface area (Å²) in [4.78, 5) is 0. The molecule has 2 heterocycles. The van der Waals surface area contributed by atoms with Crippen LogP contribution in [0.4, 0.5) is 0 Å². The first-order valence-electron chi connectivity index (χ1n) is 6.36. The third-order valence-electron chi connectivity index (χ3n) is 3.19. The first-order chi connectivity index (χ1) is 8.93. The van der Waals surface area contributed by atoms with Gasteiger partial charge in [0.2, 0.25) is 0 Å². The summed E-state index contributed by atoms with van der Waals surface area (Å²) < 4.78 is 11.2. The Kier molecular flexibility index (Phi) is 3.29. The minimum Gasteiger partial charge on any atom is -0.464 e. The molecular formula is C16H16O2. The normalized spacial score (nSPS) is 20.2. The fraction of sp³-hybridized carbons (Fsp3) is 0.250. The molecule has 0 spiro atoms. The zero-order valence-corrected chi connectivity index (χ0v) is 10.2. The molecule has 1 atom stereocenters. The summed E-state index contributed by atoms with van der Waals surface area (Å²) in [7, 11) is 0. The van der Waals surface area contributed by atoms with Gasteiger partial charge in [0.15, 0.2) is 0 Å². The van der Waals surface area contributed by atoms with Gasteiger partial charge in [-0.05, 0) is 36.6 Å². The molecule has 2 heteroatoms. The van der Waals surface area contributed by atoms with Crippen LogP contribution in [0.1, 0.15) is 24.2 Å². The van der Waals surface area contributed by atoms with E-state index >= 15 is 0 Å². The monoisotopic (exact) mass is 240 g/mol. The van der Waals surface area contributed by atoms with E-state index in [1.165, 1.54) is 5.56 Å². The Labute approximate surface area is 107 Å². The van der Waals surface area contributed by atoms with Gasteiger partial charge in [-0.15, -0.1) is 0 Å². The highest BCUT2D eigenvalue weighted by molar-refractivity contribution is 5.77. The summed E-state index contributed by atoms with van der Waals surface area (Å²) in [6.07, 6.45) is 6.34. The van der Waals surface area contributed by atoms with Crippen LogP contribution in [-0.2, 0) is 4.74 Å². The lowest BCUT2D eigenvalue weighted by Crippen LogP contribution is -2.01. The quantitative estimate of drug-likeness (QED) is 0.812. The minimum absolute atomic E-state index is 0.213. The molecule has 1 aliphatic rings. The largest absolute Gasteiger partial charge is 0.464 e. The molecule has 1 aromatic heterocycles. The van der Waals surface area contributed by atoms with Crippen LogP contribution in [0.2, 0.25) is 0 Å². The highest BCUT2D eigenvalue weighted by Crippen LogP contribution is 2.26. The topological polar surface area (TPSA) is 22.4 Å². The molecule has 1 saturated heterocycles. The molecule has 1 unspecified atom stereocenters. The van der Waals surface area contributed by atoms with Gasteiger partial charge in [-0.3, -0.25) is 0 Å². The van der Waals surface area contributed by atoms with Gasteiger partial charge in [0.1, 0.15) is 5.76 Å². The molecule has 0 saturated carbocycles. The maximum Gasteiger partial charge on any atom is 0.134 e. The lowest BCUT2D eigenvalue weighted by Gasteiger charge is -2.09. The van der Waals surface area contributed by atoms with Crippen molar-refractivity contribution >= 4 is 5.57 Å². The standard InChI is InChI=1S/C16H16O2/c1-2-6-13(7-3-1)15(16-9-5-11-18-16)12-14-8-4-10-17-14/h1-3,5-7,9,11-12,14H,4,8,10H2/b15-12+. The van der Waals surface area contributed by atoms with E-state index in [-0.39, 0.29) is 6.10 Å². The maximum atomic E-state index is 5.68. The smallest absolute Gasteiger partial charge is 0.134 e. The van der Waals surface area contributed by atoms with Crippen LogP contribution in [0.15, 0.2) is 59.2 Å². The van der Waals surface area contributed by atoms with E-state index in [1.807, 2.05) is 30.3 Å². The fourth-order valence-corrected chi connectivity index (χ4v) is 2.29. The lowest BCUT2D eigenvalue weighted by molar-refractivity contribution is 0.146. The van der Waals surface area contributed by atoms with Gasteiger partial charge in [0.25, 0.3) is 0 Å². The molecule has 2 nitrogen and oxygen atoms in total. The van der Waals surface area contributed by atoms with Gasteiger partial charge in [0.05, 0.1) is 12.4 Å². The van der Waals surface area contributed by atoms with E-state index < -0.39 is 0 Å². The van der Waals surface area contributed by atoms with Crippen molar-refractivity contribution < 1.29 is 9.15 Å². The van der Waals surface area contributed by atoms with Crippen LogP contribution < -0.4 is 0 Å². The molecule has 92 valence electrons. The van der Waals surface area contributed by atoms with Gasteiger partial charge in [-0.25, -0.2) is 0 Å². The summed E-state index contributed by atoms with van der Waals surface area (Å²) in [5.41, 5.74) is 2.29. The molecular weight excluding hydrogens is 224 g/mol.